The van der Waals surface area contributed by atoms with E-state index in [2.05, 4.69) is 36.8 Å². The molecule has 0 amide bonds. The standard InChI is InChI=1S/C18H20N6S2/c1-12-10-23(18(25)22-6-2-3-7-22)11-13-8-15(21-24(12)13)14-4-5-19-16-9-20-26-17(14)16/h4-5,8-9,12H,2-3,6-7,10-11H2,1H3/t12-/m0/s1. The lowest BCUT2D eigenvalue weighted by Gasteiger charge is -2.36. The Kier molecular flexibility index (Phi) is 3.90. The quantitative estimate of drug-likeness (QED) is 0.600. The van der Waals surface area contributed by atoms with E-state index in [9.17, 15) is 0 Å². The second-order valence-corrected chi connectivity index (χ2v) is 8.24. The van der Waals surface area contributed by atoms with E-state index in [0.29, 0.717) is 6.04 Å². The summed E-state index contributed by atoms with van der Waals surface area (Å²) in [6, 6.07) is 4.53. The molecule has 3 aromatic heterocycles. The number of hydrogen-bond acceptors (Lipinski definition) is 5. The van der Waals surface area contributed by atoms with Crippen LogP contribution in [0.1, 0.15) is 31.5 Å². The molecule has 3 aromatic rings. The van der Waals surface area contributed by atoms with E-state index in [-0.39, 0.29) is 0 Å². The lowest BCUT2D eigenvalue weighted by atomic mass is 10.1. The van der Waals surface area contributed by atoms with Crippen LogP contribution in [0.15, 0.2) is 24.5 Å². The van der Waals surface area contributed by atoms with Gasteiger partial charge in [0.15, 0.2) is 5.11 Å². The van der Waals surface area contributed by atoms with Crippen LogP contribution in [0.2, 0.25) is 0 Å². The fraction of sp³-hybridized carbons (Fsp3) is 0.444. The third-order valence-electron chi connectivity index (χ3n) is 5.24. The van der Waals surface area contributed by atoms with Gasteiger partial charge in [-0.05, 0) is 55.6 Å². The smallest absolute Gasteiger partial charge is 0.171 e. The maximum atomic E-state index is 5.77. The van der Waals surface area contributed by atoms with E-state index in [1.54, 1.807) is 0 Å². The Hall–Kier alpha value is -2.06. The van der Waals surface area contributed by atoms with E-state index in [0.717, 1.165) is 52.8 Å². The van der Waals surface area contributed by atoms with E-state index >= 15 is 0 Å². The highest BCUT2D eigenvalue weighted by Crippen LogP contribution is 2.32. The van der Waals surface area contributed by atoms with Crippen LogP contribution in [-0.4, -0.2) is 53.7 Å². The van der Waals surface area contributed by atoms with Gasteiger partial charge in [0, 0.05) is 31.4 Å². The zero-order chi connectivity index (χ0) is 17.7. The molecule has 0 aliphatic carbocycles. The molecule has 0 N–H and O–H groups in total. The van der Waals surface area contributed by atoms with Crippen LogP contribution >= 0.6 is 23.8 Å². The summed E-state index contributed by atoms with van der Waals surface area (Å²) in [5.74, 6) is 0. The first-order chi connectivity index (χ1) is 12.7. The topological polar surface area (TPSA) is 50.1 Å². The van der Waals surface area contributed by atoms with Crippen LogP contribution in [0.5, 0.6) is 0 Å². The Balaban J connectivity index is 1.48. The number of aromatic nitrogens is 4. The summed E-state index contributed by atoms with van der Waals surface area (Å²) < 4.78 is 7.53. The molecule has 1 saturated heterocycles. The van der Waals surface area contributed by atoms with Gasteiger partial charge in [0.25, 0.3) is 0 Å². The van der Waals surface area contributed by atoms with Crippen molar-refractivity contribution in [2.24, 2.45) is 0 Å². The largest absolute Gasteiger partial charge is 0.349 e. The van der Waals surface area contributed by atoms with Crippen LogP contribution in [0, 0.1) is 0 Å². The minimum Gasteiger partial charge on any atom is -0.349 e. The molecule has 134 valence electrons. The normalized spacial score (nSPS) is 20.0. The molecule has 8 heteroatoms. The highest BCUT2D eigenvalue weighted by molar-refractivity contribution is 7.80. The first-order valence-electron chi connectivity index (χ1n) is 9.03. The number of pyridine rings is 1. The number of fused-ring (bicyclic) bond motifs is 2. The molecular formula is C18H20N6S2. The van der Waals surface area contributed by atoms with Crippen molar-refractivity contribution in [1.82, 2.24) is 28.9 Å². The fourth-order valence-electron chi connectivity index (χ4n) is 3.96. The first kappa shape index (κ1) is 16.1. The van der Waals surface area contributed by atoms with Crippen LogP contribution in [-0.2, 0) is 6.54 Å². The second kappa shape index (κ2) is 6.28. The van der Waals surface area contributed by atoms with Crippen molar-refractivity contribution >= 4 is 39.1 Å². The average molecular weight is 385 g/mol. The molecule has 0 saturated carbocycles. The lowest BCUT2D eigenvalue weighted by molar-refractivity contribution is 0.250. The number of thiocarbonyl (C=S) groups is 1. The Bertz CT molecular complexity index is 971. The van der Waals surface area contributed by atoms with Crippen molar-refractivity contribution in [1.29, 1.82) is 0 Å². The van der Waals surface area contributed by atoms with Gasteiger partial charge < -0.3 is 9.80 Å². The fourth-order valence-corrected chi connectivity index (χ4v) is 5.01. The maximum absolute atomic E-state index is 5.77. The minimum atomic E-state index is 0.298. The van der Waals surface area contributed by atoms with Gasteiger partial charge in [-0.15, -0.1) is 0 Å². The predicted molar refractivity (Wildman–Crippen MR) is 107 cm³/mol. The van der Waals surface area contributed by atoms with Crippen molar-refractivity contribution < 1.29 is 0 Å². The molecule has 0 bridgehead atoms. The van der Waals surface area contributed by atoms with E-state index in [1.807, 2.05) is 18.5 Å². The van der Waals surface area contributed by atoms with Crippen molar-refractivity contribution in [3.8, 4) is 11.3 Å². The molecule has 0 unspecified atom stereocenters. The predicted octanol–water partition coefficient (Wildman–Crippen LogP) is 3.31. The molecule has 0 radical (unpaired) electrons. The van der Waals surface area contributed by atoms with E-state index < -0.39 is 0 Å². The summed E-state index contributed by atoms with van der Waals surface area (Å²) in [7, 11) is 0. The summed E-state index contributed by atoms with van der Waals surface area (Å²) in [6.45, 7) is 6.14. The number of hydrogen-bond donors (Lipinski definition) is 0. The summed E-state index contributed by atoms with van der Waals surface area (Å²) in [6.07, 6.45) is 6.15. The van der Waals surface area contributed by atoms with E-state index in [1.165, 1.54) is 30.1 Å². The number of rotatable bonds is 1. The van der Waals surface area contributed by atoms with Gasteiger partial charge in [0.1, 0.15) is 5.52 Å². The third kappa shape index (κ3) is 2.59. The molecule has 0 spiro atoms. The zero-order valence-electron chi connectivity index (χ0n) is 14.6. The van der Waals surface area contributed by atoms with E-state index in [4.69, 9.17) is 17.3 Å². The summed E-state index contributed by atoms with van der Waals surface area (Å²) in [4.78, 5) is 9.07. The molecule has 1 fully saturated rings. The Morgan fingerprint density at radius 1 is 1.27 bits per heavy atom. The molecule has 0 aromatic carbocycles. The van der Waals surface area contributed by atoms with Crippen LogP contribution in [0.4, 0.5) is 0 Å². The lowest BCUT2D eigenvalue weighted by Crippen LogP contribution is -2.46. The Labute approximate surface area is 161 Å². The second-order valence-electron chi connectivity index (χ2n) is 7.07. The highest BCUT2D eigenvalue weighted by Gasteiger charge is 2.29. The molecule has 1 atom stereocenters. The Morgan fingerprint density at radius 3 is 2.96 bits per heavy atom. The highest BCUT2D eigenvalue weighted by atomic mass is 32.1. The number of nitrogens with zero attached hydrogens (tertiary/aromatic N) is 6. The third-order valence-corrected chi connectivity index (χ3v) is 6.58. The minimum absolute atomic E-state index is 0.298. The number of likely N-dealkylation sites (tertiary alicyclic amines) is 1. The first-order valence-corrected chi connectivity index (χ1v) is 10.2. The van der Waals surface area contributed by atoms with Gasteiger partial charge in [-0.25, -0.2) is 0 Å². The maximum Gasteiger partial charge on any atom is 0.171 e. The van der Waals surface area contributed by atoms with Gasteiger partial charge in [0.05, 0.1) is 34.9 Å². The molecule has 5 heterocycles. The summed E-state index contributed by atoms with van der Waals surface area (Å²) >= 11 is 7.25. The van der Waals surface area contributed by atoms with Gasteiger partial charge >= 0.3 is 0 Å². The van der Waals surface area contributed by atoms with Gasteiger partial charge in [-0.1, -0.05) is 0 Å². The average Bonchev–Trinajstić information content (AvgIpc) is 3.39. The molecule has 2 aliphatic heterocycles. The SMILES string of the molecule is C[C@H]1CN(C(=S)N2CCCC2)Cc2cc(-c3ccnc4cnsc34)nn21. The molecule has 5 rings (SSSR count). The van der Waals surface area contributed by atoms with Gasteiger partial charge in [-0.2, -0.15) is 9.47 Å². The monoisotopic (exact) mass is 384 g/mol. The molecular weight excluding hydrogens is 364 g/mol. The van der Waals surface area contributed by atoms with Gasteiger partial charge in [0.2, 0.25) is 0 Å². The zero-order valence-corrected chi connectivity index (χ0v) is 16.3. The van der Waals surface area contributed by atoms with Crippen molar-refractivity contribution in [3.05, 3.63) is 30.2 Å². The van der Waals surface area contributed by atoms with Crippen molar-refractivity contribution in [3.63, 3.8) is 0 Å². The molecule has 2 aliphatic rings. The van der Waals surface area contributed by atoms with Gasteiger partial charge in [-0.3, -0.25) is 9.67 Å². The van der Waals surface area contributed by atoms with Crippen LogP contribution in [0.3, 0.4) is 0 Å². The van der Waals surface area contributed by atoms with Crippen molar-refractivity contribution in [2.75, 3.05) is 19.6 Å². The molecule has 26 heavy (non-hydrogen) atoms. The van der Waals surface area contributed by atoms with Crippen LogP contribution in [0.25, 0.3) is 21.5 Å². The van der Waals surface area contributed by atoms with Crippen molar-refractivity contribution in [2.45, 2.75) is 32.4 Å². The summed E-state index contributed by atoms with van der Waals surface area (Å²) in [5, 5.41) is 5.90. The summed E-state index contributed by atoms with van der Waals surface area (Å²) in [5.41, 5.74) is 4.26. The molecule has 6 nitrogen and oxygen atoms in total. The Morgan fingerprint density at radius 2 is 2.12 bits per heavy atom. The van der Waals surface area contributed by atoms with Crippen LogP contribution < -0.4 is 0 Å².